The Morgan fingerprint density at radius 2 is 1.86 bits per heavy atom. The van der Waals surface area contributed by atoms with Crippen molar-refractivity contribution in [2.45, 2.75) is 72.0 Å². The van der Waals surface area contributed by atoms with Gasteiger partial charge in [-0.3, -0.25) is 9.69 Å². The fraction of sp³-hybridized carbons (Fsp3) is 0.741. The number of carboxylic acid groups (broad SMARTS) is 1. The van der Waals surface area contributed by atoms with Crippen LogP contribution >= 0.6 is 0 Å². The first-order valence-electron chi connectivity index (χ1n) is 13.8. The molecule has 2 aromatic heterocycles. The fourth-order valence-corrected chi connectivity index (χ4v) is 5.98. The zero-order chi connectivity index (χ0) is 25.4. The molecule has 2 aromatic rings. The Labute approximate surface area is 215 Å². The van der Waals surface area contributed by atoms with Gasteiger partial charge >= 0.3 is 5.97 Å². The lowest BCUT2D eigenvalue weighted by molar-refractivity contribution is -0.137. The Morgan fingerprint density at radius 1 is 1.08 bits per heavy atom. The monoisotopic (exact) mass is 499 g/mol. The molecule has 0 aliphatic carbocycles. The van der Waals surface area contributed by atoms with Crippen molar-refractivity contribution >= 4 is 5.97 Å². The molecule has 0 aromatic carbocycles. The lowest BCUT2D eigenvalue weighted by Crippen LogP contribution is -2.42. The van der Waals surface area contributed by atoms with Gasteiger partial charge in [0.05, 0.1) is 13.1 Å². The van der Waals surface area contributed by atoms with Crippen molar-refractivity contribution < 1.29 is 9.90 Å². The van der Waals surface area contributed by atoms with E-state index in [-0.39, 0.29) is 6.42 Å². The number of imidazole rings is 2. The molecule has 2 aliphatic rings. The molecule has 0 atom stereocenters. The van der Waals surface area contributed by atoms with Gasteiger partial charge in [0.25, 0.3) is 0 Å². The number of aromatic amines is 1. The maximum Gasteiger partial charge on any atom is 0.303 e. The molecule has 2 aliphatic heterocycles. The standard InChI is InChI=1S/C27H45N7O2/c1-23(2)19-31-15-6-27(7-16-31)8-17-32(22-27)13-4-14-34-18-11-30-25(34)21-33(12-3-5-26(35)36)20-24-28-9-10-29-24/h9-11,18,23H,3-8,12-17,19-22H2,1-2H3,(H,28,29)(H,35,36). The largest absolute Gasteiger partial charge is 0.481 e. The van der Waals surface area contributed by atoms with Crippen LogP contribution in [0.25, 0.3) is 0 Å². The molecule has 2 N–H and O–H groups in total. The molecule has 4 heterocycles. The smallest absolute Gasteiger partial charge is 0.303 e. The van der Waals surface area contributed by atoms with Gasteiger partial charge in [-0.25, -0.2) is 9.97 Å². The number of nitrogens with zero attached hydrogens (tertiary/aromatic N) is 6. The molecule has 0 bridgehead atoms. The molecule has 200 valence electrons. The third kappa shape index (κ3) is 7.88. The molecular formula is C27H45N7O2. The van der Waals surface area contributed by atoms with Crippen LogP contribution in [-0.4, -0.2) is 91.1 Å². The van der Waals surface area contributed by atoms with Crippen molar-refractivity contribution in [2.24, 2.45) is 11.3 Å². The molecule has 0 unspecified atom stereocenters. The van der Waals surface area contributed by atoms with Gasteiger partial charge in [0, 0.05) is 50.8 Å². The van der Waals surface area contributed by atoms with Crippen molar-refractivity contribution in [3.63, 3.8) is 0 Å². The number of nitrogens with one attached hydrogen (secondary N) is 1. The topological polar surface area (TPSA) is 93.5 Å². The summed E-state index contributed by atoms with van der Waals surface area (Å²) >= 11 is 0. The van der Waals surface area contributed by atoms with Gasteiger partial charge in [0.1, 0.15) is 11.6 Å². The molecule has 2 saturated heterocycles. The van der Waals surface area contributed by atoms with Crippen LogP contribution in [0.15, 0.2) is 24.8 Å². The lowest BCUT2D eigenvalue weighted by atomic mass is 9.77. The highest BCUT2D eigenvalue weighted by Crippen LogP contribution is 2.40. The summed E-state index contributed by atoms with van der Waals surface area (Å²) in [5.41, 5.74) is 0.552. The molecule has 9 nitrogen and oxygen atoms in total. The van der Waals surface area contributed by atoms with Gasteiger partial charge in [-0.15, -0.1) is 0 Å². The second-order valence-electron chi connectivity index (χ2n) is 11.4. The predicted molar refractivity (Wildman–Crippen MR) is 140 cm³/mol. The lowest BCUT2D eigenvalue weighted by Gasteiger charge is -2.40. The minimum atomic E-state index is -0.751. The molecule has 4 rings (SSSR count). The van der Waals surface area contributed by atoms with Crippen LogP contribution in [0.3, 0.4) is 0 Å². The van der Waals surface area contributed by atoms with Crippen LogP contribution in [-0.2, 0) is 24.4 Å². The van der Waals surface area contributed by atoms with Gasteiger partial charge in [0.15, 0.2) is 0 Å². The summed E-state index contributed by atoms with van der Waals surface area (Å²) in [7, 11) is 0. The van der Waals surface area contributed by atoms with Crippen molar-refractivity contribution in [1.82, 2.24) is 34.2 Å². The summed E-state index contributed by atoms with van der Waals surface area (Å²) in [5, 5.41) is 9.04. The normalized spacial score (nSPS) is 18.7. The molecule has 1 spiro atoms. The number of hydrogen-bond acceptors (Lipinski definition) is 6. The highest BCUT2D eigenvalue weighted by molar-refractivity contribution is 5.66. The summed E-state index contributed by atoms with van der Waals surface area (Å²) in [6, 6.07) is 0. The number of aliphatic carboxylic acids is 1. The minimum absolute atomic E-state index is 0.177. The van der Waals surface area contributed by atoms with Crippen LogP contribution < -0.4 is 0 Å². The van der Waals surface area contributed by atoms with Crippen LogP contribution in [0, 0.1) is 11.3 Å². The van der Waals surface area contributed by atoms with Crippen molar-refractivity contribution in [1.29, 1.82) is 0 Å². The van der Waals surface area contributed by atoms with E-state index in [0.717, 1.165) is 37.1 Å². The van der Waals surface area contributed by atoms with Crippen LogP contribution in [0.5, 0.6) is 0 Å². The van der Waals surface area contributed by atoms with E-state index < -0.39 is 5.97 Å². The van der Waals surface area contributed by atoms with E-state index in [0.29, 0.717) is 31.5 Å². The van der Waals surface area contributed by atoms with E-state index in [9.17, 15) is 4.79 Å². The van der Waals surface area contributed by atoms with Gasteiger partial charge in [-0.2, -0.15) is 0 Å². The Morgan fingerprint density at radius 3 is 2.56 bits per heavy atom. The average Bonchev–Trinajstić information content (AvgIpc) is 3.58. The van der Waals surface area contributed by atoms with Gasteiger partial charge in [-0.05, 0) is 76.2 Å². The van der Waals surface area contributed by atoms with Crippen molar-refractivity contribution in [2.75, 3.05) is 45.8 Å². The first-order valence-corrected chi connectivity index (χ1v) is 13.8. The molecular weight excluding hydrogens is 454 g/mol. The van der Waals surface area contributed by atoms with Crippen LogP contribution in [0.2, 0.25) is 0 Å². The number of carbonyl (C=O) groups is 1. The van der Waals surface area contributed by atoms with Gasteiger partial charge in [0.2, 0.25) is 0 Å². The zero-order valence-corrected chi connectivity index (χ0v) is 22.2. The van der Waals surface area contributed by atoms with Crippen molar-refractivity contribution in [3.8, 4) is 0 Å². The molecule has 0 saturated carbocycles. The Bertz CT molecular complexity index is 918. The van der Waals surface area contributed by atoms with Gasteiger partial charge < -0.3 is 24.5 Å². The minimum Gasteiger partial charge on any atom is -0.481 e. The van der Waals surface area contributed by atoms with E-state index in [1.54, 1.807) is 6.20 Å². The van der Waals surface area contributed by atoms with E-state index in [2.05, 4.69) is 54.3 Å². The predicted octanol–water partition coefficient (Wildman–Crippen LogP) is 3.31. The first-order chi connectivity index (χ1) is 17.4. The summed E-state index contributed by atoms with van der Waals surface area (Å²) in [6.45, 7) is 15.1. The third-order valence-corrected chi connectivity index (χ3v) is 7.89. The first kappa shape index (κ1) is 26.8. The quantitative estimate of drug-likeness (QED) is 0.412. The summed E-state index contributed by atoms with van der Waals surface area (Å²) in [6.07, 6.45) is 13.5. The highest BCUT2D eigenvalue weighted by Gasteiger charge is 2.40. The number of aryl methyl sites for hydroxylation is 1. The summed E-state index contributed by atoms with van der Waals surface area (Å²) in [5.74, 6) is 1.93. The number of hydrogen-bond donors (Lipinski definition) is 2. The van der Waals surface area contributed by atoms with E-state index in [1.165, 1.54) is 52.0 Å². The average molecular weight is 500 g/mol. The number of likely N-dealkylation sites (tertiary alicyclic amines) is 2. The van der Waals surface area contributed by atoms with Crippen molar-refractivity contribution in [3.05, 3.63) is 36.4 Å². The SMILES string of the molecule is CC(C)CN1CCC2(CC1)CCN(CCCn1ccnc1CN(CCCC(=O)O)Cc1ncc[nH]1)C2. The number of piperidine rings is 1. The third-order valence-electron chi connectivity index (χ3n) is 7.89. The Kier molecular flexibility index (Phi) is 9.56. The summed E-state index contributed by atoms with van der Waals surface area (Å²) < 4.78 is 2.27. The Balaban J connectivity index is 1.23. The highest BCUT2D eigenvalue weighted by atomic mass is 16.4. The number of H-pyrrole nitrogens is 1. The molecule has 2 fully saturated rings. The van der Waals surface area contributed by atoms with Crippen LogP contribution in [0.1, 0.15) is 64.0 Å². The second-order valence-corrected chi connectivity index (χ2v) is 11.4. The molecule has 0 amide bonds. The Hall–Kier alpha value is -2.23. The summed E-state index contributed by atoms with van der Waals surface area (Å²) in [4.78, 5) is 30.7. The van der Waals surface area contributed by atoms with E-state index in [1.807, 2.05) is 12.4 Å². The fourth-order valence-electron chi connectivity index (χ4n) is 5.98. The number of aromatic nitrogens is 4. The molecule has 0 radical (unpaired) electrons. The molecule has 36 heavy (non-hydrogen) atoms. The van der Waals surface area contributed by atoms with E-state index >= 15 is 0 Å². The maximum absolute atomic E-state index is 11.0. The van der Waals surface area contributed by atoms with Crippen LogP contribution in [0.4, 0.5) is 0 Å². The number of rotatable bonds is 14. The second kappa shape index (κ2) is 12.8. The maximum atomic E-state index is 11.0. The zero-order valence-electron chi connectivity index (χ0n) is 22.2. The number of carboxylic acids is 1. The van der Waals surface area contributed by atoms with Gasteiger partial charge in [-0.1, -0.05) is 13.8 Å². The van der Waals surface area contributed by atoms with E-state index in [4.69, 9.17) is 5.11 Å². The molecule has 9 heteroatoms.